The number of nitrogens with one attached hydrogen (secondary N) is 1. The van der Waals surface area contributed by atoms with Crippen molar-refractivity contribution in [1.82, 2.24) is 9.78 Å². The smallest absolute Gasteiger partial charge is 0.361 e. The summed E-state index contributed by atoms with van der Waals surface area (Å²) in [5.74, 6) is -0.425. The fourth-order valence-electron chi connectivity index (χ4n) is 2.87. The summed E-state index contributed by atoms with van der Waals surface area (Å²) in [5.41, 5.74) is 1.74. The maximum absolute atomic E-state index is 12.6. The van der Waals surface area contributed by atoms with Crippen molar-refractivity contribution in [3.63, 3.8) is 0 Å². The molecule has 1 aromatic heterocycles. The SMILES string of the molecule is CCn1cc(NC(=O)C2CC2c2ccccc2)c(C(=O)OC(C)C)n1. The molecule has 25 heavy (non-hydrogen) atoms. The van der Waals surface area contributed by atoms with Gasteiger partial charge < -0.3 is 10.1 Å². The second-order valence-electron chi connectivity index (χ2n) is 6.55. The van der Waals surface area contributed by atoms with Crippen molar-refractivity contribution in [3.8, 4) is 0 Å². The Bertz CT molecular complexity index is 767. The highest BCUT2D eigenvalue weighted by Gasteiger charge is 2.44. The number of hydrogen-bond donors (Lipinski definition) is 1. The van der Waals surface area contributed by atoms with Gasteiger partial charge in [0.2, 0.25) is 5.91 Å². The van der Waals surface area contributed by atoms with E-state index in [0.29, 0.717) is 12.2 Å². The second kappa shape index (κ2) is 7.09. The molecule has 1 N–H and O–H groups in total. The second-order valence-corrected chi connectivity index (χ2v) is 6.55. The van der Waals surface area contributed by atoms with E-state index in [1.54, 1.807) is 24.7 Å². The van der Waals surface area contributed by atoms with Crippen molar-refractivity contribution in [2.24, 2.45) is 5.92 Å². The van der Waals surface area contributed by atoms with E-state index in [2.05, 4.69) is 10.4 Å². The number of benzene rings is 1. The van der Waals surface area contributed by atoms with Gasteiger partial charge in [-0.25, -0.2) is 4.79 Å². The van der Waals surface area contributed by atoms with Gasteiger partial charge >= 0.3 is 5.97 Å². The number of carbonyl (C=O) groups excluding carboxylic acids is 2. The van der Waals surface area contributed by atoms with Crippen molar-refractivity contribution in [1.29, 1.82) is 0 Å². The number of ether oxygens (including phenoxy) is 1. The van der Waals surface area contributed by atoms with Crippen LogP contribution >= 0.6 is 0 Å². The third kappa shape index (κ3) is 3.90. The zero-order chi connectivity index (χ0) is 18.0. The quantitative estimate of drug-likeness (QED) is 0.819. The van der Waals surface area contributed by atoms with Crippen LogP contribution in [0.5, 0.6) is 0 Å². The van der Waals surface area contributed by atoms with Gasteiger partial charge in [0, 0.05) is 18.7 Å². The number of aryl methyl sites for hydroxylation is 1. The van der Waals surface area contributed by atoms with E-state index in [1.807, 2.05) is 37.3 Å². The fraction of sp³-hybridized carbons (Fsp3) is 0.421. The minimum atomic E-state index is -0.520. The maximum Gasteiger partial charge on any atom is 0.361 e. The Labute approximate surface area is 147 Å². The van der Waals surface area contributed by atoms with Crippen LogP contribution < -0.4 is 5.32 Å². The topological polar surface area (TPSA) is 73.2 Å². The molecule has 6 nitrogen and oxygen atoms in total. The van der Waals surface area contributed by atoms with Crippen molar-refractivity contribution in [3.05, 3.63) is 47.8 Å². The molecule has 1 amide bonds. The highest BCUT2D eigenvalue weighted by atomic mass is 16.5. The molecule has 3 rings (SSSR count). The van der Waals surface area contributed by atoms with E-state index in [4.69, 9.17) is 4.74 Å². The van der Waals surface area contributed by atoms with Crippen molar-refractivity contribution >= 4 is 17.6 Å². The number of hydrogen-bond acceptors (Lipinski definition) is 4. The maximum atomic E-state index is 12.6. The average molecular weight is 341 g/mol. The first kappa shape index (κ1) is 17.2. The molecule has 1 aromatic carbocycles. The van der Waals surface area contributed by atoms with Crippen molar-refractivity contribution in [2.75, 3.05) is 5.32 Å². The Morgan fingerprint density at radius 3 is 2.68 bits per heavy atom. The number of anilines is 1. The molecule has 1 fully saturated rings. The molecule has 0 aliphatic heterocycles. The molecule has 0 saturated heterocycles. The van der Waals surface area contributed by atoms with Gasteiger partial charge in [0.05, 0.1) is 11.8 Å². The van der Waals surface area contributed by atoms with Gasteiger partial charge in [-0.1, -0.05) is 30.3 Å². The summed E-state index contributed by atoms with van der Waals surface area (Å²) in [4.78, 5) is 24.8. The van der Waals surface area contributed by atoms with E-state index < -0.39 is 5.97 Å². The van der Waals surface area contributed by atoms with Crippen LogP contribution in [0.3, 0.4) is 0 Å². The van der Waals surface area contributed by atoms with Gasteiger partial charge in [0.25, 0.3) is 0 Å². The first-order valence-electron chi connectivity index (χ1n) is 8.63. The first-order chi connectivity index (χ1) is 12.0. The molecule has 6 heteroatoms. The lowest BCUT2D eigenvalue weighted by molar-refractivity contribution is -0.117. The molecular weight excluding hydrogens is 318 g/mol. The molecule has 2 aromatic rings. The Balaban J connectivity index is 1.71. The Kier molecular flexibility index (Phi) is 4.88. The number of nitrogens with zero attached hydrogens (tertiary/aromatic N) is 2. The molecule has 1 heterocycles. The highest BCUT2D eigenvalue weighted by molar-refractivity contribution is 6.01. The molecule has 132 valence electrons. The van der Waals surface area contributed by atoms with Crippen LogP contribution in [-0.4, -0.2) is 27.8 Å². The molecule has 1 aliphatic carbocycles. The van der Waals surface area contributed by atoms with Crippen LogP contribution in [0, 0.1) is 5.92 Å². The number of amides is 1. The zero-order valence-electron chi connectivity index (χ0n) is 14.7. The van der Waals surface area contributed by atoms with Crippen molar-refractivity contribution < 1.29 is 14.3 Å². The molecule has 2 unspecified atom stereocenters. The molecule has 2 atom stereocenters. The largest absolute Gasteiger partial charge is 0.458 e. The number of rotatable bonds is 6. The summed E-state index contributed by atoms with van der Waals surface area (Å²) in [7, 11) is 0. The Morgan fingerprint density at radius 2 is 2.04 bits per heavy atom. The third-order valence-corrected chi connectivity index (χ3v) is 4.23. The molecule has 0 radical (unpaired) electrons. The molecule has 0 bridgehead atoms. The van der Waals surface area contributed by atoms with Crippen LogP contribution in [0.15, 0.2) is 36.5 Å². The summed E-state index contributed by atoms with van der Waals surface area (Å²) in [6, 6.07) is 10.0. The van der Waals surface area contributed by atoms with Crippen molar-refractivity contribution in [2.45, 2.75) is 45.8 Å². The van der Waals surface area contributed by atoms with Gasteiger partial charge in [-0.3, -0.25) is 9.48 Å². The molecule has 0 spiro atoms. The molecular formula is C19H23N3O3. The summed E-state index contributed by atoms with van der Waals surface area (Å²) in [5, 5.41) is 7.08. The normalized spacial score (nSPS) is 18.9. The molecule has 1 aliphatic rings. The van der Waals surface area contributed by atoms with E-state index in [0.717, 1.165) is 6.42 Å². The lowest BCUT2D eigenvalue weighted by atomic mass is 10.1. The van der Waals surface area contributed by atoms with Crippen LogP contribution in [-0.2, 0) is 16.1 Å². The zero-order valence-corrected chi connectivity index (χ0v) is 14.7. The lowest BCUT2D eigenvalue weighted by Gasteiger charge is -2.08. The predicted octanol–water partition coefficient (Wildman–Crippen LogP) is 3.21. The van der Waals surface area contributed by atoms with Crippen LogP contribution in [0.1, 0.15) is 49.2 Å². The number of aromatic nitrogens is 2. The minimum absolute atomic E-state index is 0.0682. The van der Waals surface area contributed by atoms with Gasteiger partial charge in [-0.15, -0.1) is 0 Å². The predicted molar refractivity (Wildman–Crippen MR) is 94.4 cm³/mol. The minimum Gasteiger partial charge on any atom is -0.458 e. The summed E-state index contributed by atoms with van der Waals surface area (Å²) >= 11 is 0. The van der Waals surface area contributed by atoms with Gasteiger partial charge in [0.1, 0.15) is 0 Å². The Hall–Kier alpha value is -2.63. The summed E-state index contributed by atoms with van der Waals surface area (Å²) in [6.45, 7) is 6.08. The fourth-order valence-corrected chi connectivity index (χ4v) is 2.87. The monoisotopic (exact) mass is 341 g/mol. The van der Waals surface area contributed by atoms with Crippen LogP contribution in [0.25, 0.3) is 0 Å². The van der Waals surface area contributed by atoms with E-state index in [-0.39, 0.29) is 29.5 Å². The standard InChI is InChI=1S/C19H23N3O3/c1-4-22-11-16(17(21-22)19(24)25-12(2)3)20-18(23)15-10-14(15)13-8-6-5-7-9-13/h5-9,11-12,14-15H,4,10H2,1-3H3,(H,20,23). The lowest BCUT2D eigenvalue weighted by Crippen LogP contribution is -2.18. The van der Waals surface area contributed by atoms with Gasteiger partial charge in [0.15, 0.2) is 5.69 Å². The van der Waals surface area contributed by atoms with Gasteiger partial charge in [-0.05, 0) is 38.7 Å². The average Bonchev–Trinajstić information content (AvgIpc) is 3.29. The third-order valence-electron chi connectivity index (χ3n) is 4.23. The van der Waals surface area contributed by atoms with E-state index in [9.17, 15) is 9.59 Å². The van der Waals surface area contributed by atoms with Crippen LogP contribution in [0.4, 0.5) is 5.69 Å². The number of esters is 1. The van der Waals surface area contributed by atoms with Crippen LogP contribution in [0.2, 0.25) is 0 Å². The van der Waals surface area contributed by atoms with E-state index in [1.165, 1.54) is 5.56 Å². The first-order valence-corrected chi connectivity index (χ1v) is 8.63. The molecule has 1 saturated carbocycles. The summed E-state index contributed by atoms with van der Waals surface area (Å²) in [6.07, 6.45) is 2.26. The van der Waals surface area contributed by atoms with Gasteiger partial charge in [-0.2, -0.15) is 5.10 Å². The Morgan fingerprint density at radius 1 is 1.32 bits per heavy atom. The summed E-state index contributed by atoms with van der Waals surface area (Å²) < 4.78 is 6.84. The number of carbonyl (C=O) groups is 2. The van der Waals surface area contributed by atoms with E-state index >= 15 is 0 Å². The highest BCUT2D eigenvalue weighted by Crippen LogP contribution is 2.47.